The van der Waals surface area contributed by atoms with Crippen molar-refractivity contribution in [1.29, 1.82) is 0 Å². The van der Waals surface area contributed by atoms with E-state index in [0.717, 1.165) is 5.69 Å². The van der Waals surface area contributed by atoms with Crippen LogP contribution in [0, 0.1) is 5.41 Å². The topological polar surface area (TPSA) is 123 Å². The van der Waals surface area contributed by atoms with Crippen LogP contribution in [0.25, 0.3) is 10.9 Å². The van der Waals surface area contributed by atoms with Crippen LogP contribution in [0.2, 0.25) is 13.1 Å². The largest absolute Gasteiger partial charge is 0.493 e. The van der Waals surface area contributed by atoms with Gasteiger partial charge in [0.15, 0.2) is 17.2 Å². The monoisotopic (exact) mass is 549 g/mol. The Morgan fingerprint density at radius 1 is 1.10 bits per heavy atom. The van der Waals surface area contributed by atoms with Crippen molar-refractivity contribution >= 4 is 31.7 Å². The number of methoxy groups -OCH3 is 2. The number of pyridine rings is 1. The van der Waals surface area contributed by atoms with E-state index in [1.165, 1.54) is 17.2 Å². The van der Waals surface area contributed by atoms with Gasteiger partial charge in [0.2, 0.25) is 20.8 Å². The van der Waals surface area contributed by atoms with Gasteiger partial charge in [0, 0.05) is 6.07 Å². The minimum absolute atomic E-state index is 0.0267. The smallest absolute Gasteiger partial charge is 0.247 e. The minimum atomic E-state index is -0.948. The first kappa shape index (κ1) is 28.0. The lowest BCUT2D eigenvalue weighted by molar-refractivity contribution is -0.116. The third-order valence-electron chi connectivity index (χ3n) is 5.68. The quantitative estimate of drug-likeness (QED) is 0.272. The van der Waals surface area contributed by atoms with E-state index >= 15 is 0 Å². The summed E-state index contributed by atoms with van der Waals surface area (Å²) < 4.78 is 24.4. The molecule has 12 heteroatoms. The number of ether oxygens (including phenoxy) is 3. The van der Waals surface area contributed by atoms with E-state index in [2.05, 4.69) is 59.2 Å². The van der Waals surface area contributed by atoms with Crippen molar-refractivity contribution in [3.63, 3.8) is 0 Å². The van der Waals surface area contributed by atoms with E-state index < -0.39 is 9.04 Å². The summed E-state index contributed by atoms with van der Waals surface area (Å²) in [6.45, 7) is 10.5. The number of carbonyl (C=O) groups excluding carboxylic acids is 1. The van der Waals surface area contributed by atoms with Crippen molar-refractivity contribution < 1.29 is 23.4 Å². The zero-order valence-electron chi connectivity index (χ0n) is 23.2. The summed E-state index contributed by atoms with van der Waals surface area (Å²) in [4.78, 5) is 26.0. The van der Waals surface area contributed by atoms with Gasteiger partial charge in [-0.25, -0.2) is 15.0 Å². The third kappa shape index (κ3) is 6.89. The Balaban J connectivity index is 1.45. The van der Waals surface area contributed by atoms with Crippen molar-refractivity contribution in [2.75, 3.05) is 19.5 Å². The molecule has 0 aliphatic heterocycles. The molecule has 0 aliphatic rings. The second kappa shape index (κ2) is 11.8. The Labute approximate surface area is 229 Å². The lowest BCUT2D eigenvalue weighted by Gasteiger charge is -2.32. The Kier molecular flexibility index (Phi) is 8.46. The summed E-state index contributed by atoms with van der Waals surface area (Å²) in [6.07, 6.45) is 4.36. The number of carbonyl (C=O) groups is 1. The molecule has 0 spiro atoms. The van der Waals surface area contributed by atoms with Gasteiger partial charge in [-0.15, -0.1) is 0 Å². The van der Waals surface area contributed by atoms with Crippen LogP contribution >= 0.6 is 0 Å². The molecule has 0 fully saturated rings. The molecule has 0 aliphatic carbocycles. The second-order valence-electron chi connectivity index (χ2n) is 10.1. The van der Waals surface area contributed by atoms with Gasteiger partial charge in [-0.2, -0.15) is 5.10 Å². The van der Waals surface area contributed by atoms with E-state index in [1.807, 2.05) is 12.1 Å². The summed E-state index contributed by atoms with van der Waals surface area (Å²) in [5.74, 6) is 2.00. The standard InChI is InChI=1S/C27H33N6O5Si/c1-27(2,3)25(38-39(6)7)19-9-8-10-23(31-19)32-24(34)15-33-14-17(13-30-33)37-26-18-11-21(35-4)22(36-5)12-20(18)28-16-29-26/h8-14,16,25H,15H2,1-7H3,(H,31,32,34). The number of nitrogens with one attached hydrogen (secondary N) is 1. The van der Waals surface area contributed by atoms with Gasteiger partial charge in [0.1, 0.15) is 18.7 Å². The van der Waals surface area contributed by atoms with Crippen molar-refractivity contribution in [2.24, 2.45) is 5.41 Å². The number of hydrogen-bond donors (Lipinski definition) is 1. The first-order valence-corrected chi connectivity index (χ1v) is 14.8. The van der Waals surface area contributed by atoms with Crippen LogP contribution in [0.3, 0.4) is 0 Å². The van der Waals surface area contributed by atoms with Crippen molar-refractivity contribution in [1.82, 2.24) is 24.7 Å². The van der Waals surface area contributed by atoms with Gasteiger partial charge in [-0.3, -0.25) is 9.48 Å². The molecule has 1 amide bonds. The molecule has 3 aromatic heterocycles. The maximum absolute atomic E-state index is 12.8. The molecule has 1 radical (unpaired) electrons. The molecule has 0 saturated heterocycles. The van der Waals surface area contributed by atoms with E-state index in [0.29, 0.717) is 39.8 Å². The highest BCUT2D eigenvalue weighted by Gasteiger charge is 2.29. The van der Waals surface area contributed by atoms with Gasteiger partial charge in [0.05, 0.1) is 49.3 Å². The van der Waals surface area contributed by atoms with Crippen LogP contribution in [-0.4, -0.2) is 53.9 Å². The average molecular weight is 550 g/mol. The molecule has 11 nitrogen and oxygen atoms in total. The molecule has 1 aromatic carbocycles. The van der Waals surface area contributed by atoms with Crippen LogP contribution in [0.15, 0.2) is 49.1 Å². The summed E-state index contributed by atoms with van der Waals surface area (Å²) in [5.41, 5.74) is 1.27. The fourth-order valence-corrected chi connectivity index (χ4v) is 4.89. The summed E-state index contributed by atoms with van der Waals surface area (Å²) >= 11 is 0. The fourth-order valence-electron chi connectivity index (χ4n) is 3.95. The molecular formula is C27H33N6O5Si. The molecule has 1 unspecified atom stereocenters. The third-order valence-corrected chi connectivity index (χ3v) is 6.39. The number of aromatic nitrogens is 5. The molecule has 3 heterocycles. The highest BCUT2D eigenvalue weighted by atomic mass is 28.3. The van der Waals surface area contributed by atoms with Gasteiger partial charge in [0.25, 0.3) is 0 Å². The molecule has 1 N–H and O–H groups in total. The van der Waals surface area contributed by atoms with Crippen LogP contribution in [-0.2, 0) is 15.8 Å². The Bertz CT molecular complexity index is 1450. The number of rotatable bonds is 10. The Hall–Kier alpha value is -4.03. The van der Waals surface area contributed by atoms with Crippen LogP contribution in [0.4, 0.5) is 5.82 Å². The summed E-state index contributed by atoms with van der Waals surface area (Å²) in [7, 11) is 2.17. The normalized spacial score (nSPS) is 12.4. The number of nitrogens with zero attached hydrogens (tertiary/aromatic N) is 5. The van der Waals surface area contributed by atoms with E-state index in [4.69, 9.17) is 18.6 Å². The second-order valence-corrected chi connectivity index (χ2v) is 12.2. The summed E-state index contributed by atoms with van der Waals surface area (Å²) in [6, 6.07) is 9.05. The Morgan fingerprint density at radius 3 is 2.54 bits per heavy atom. The maximum atomic E-state index is 12.8. The van der Waals surface area contributed by atoms with E-state index in [1.54, 1.807) is 38.6 Å². The minimum Gasteiger partial charge on any atom is -0.493 e. The highest BCUT2D eigenvalue weighted by Crippen LogP contribution is 2.37. The van der Waals surface area contributed by atoms with Crippen LogP contribution in [0.1, 0.15) is 32.6 Å². The number of fused-ring (bicyclic) bond motifs is 1. The molecule has 205 valence electrons. The van der Waals surface area contributed by atoms with E-state index in [-0.39, 0.29) is 24.0 Å². The molecule has 1 atom stereocenters. The van der Waals surface area contributed by atoms with Gasteiger partial charge < -0.3 is 24.0 Å². The van der Waals surface area contributed by atoms with Gasteiger partial charge in [-0.1, -0.05) is 26.8 Å². The van der Waals surface area contributed by atoms with Crippen LogP contribution in [0.5, 0.6) is 23.1 Å². The van der Waals surface area contributed by atoms with Gasteiger partial charge >= 0.3 is 0 Å². The molecular weight excluding hydrogens is 516 g/mol. The van der Waals surface area contributed by atoms with Crippen molar-refractivity contribution in [3.8, 4) is 23.1 Å². The molecule has 0 saturated carbocycles. The predicted molar refractivity (Wildman–Crippen MR) is 149 cm³/mol. The first-order chi connectivity index (χ1) is 18.6. The summed E-state index contributed by atoms with van der Waals surface area (Å²) in [5, 5.41) is 7.75. The van der Waals surface area contributed by atoms with Crippen molar-refractivity contribution in [2.45, 2.75) is 46.5 Å². The molecule has 4 rings (SSSR count). The zero-order valence-corrected chi connectivity index (χ0v) is 24.2. The SMILES string of the molecule is COc1cc2ncnc(Oc3cnn(CC(=O)Nc4cccc(C(O[Si](C)C)C(C)(C)C)n4)c3)c2cc1OC. The number of benzene rings is 1. The fraction of sp³-hybridized carbons (Fsp3) is 0.370. The van der Waals surface area contributed by atoms with Crippen molar-refractivity contribution in [3.05, 3.63) is 54.7 Å². The predicted octanol–water partition coefficient (Wildman–Crippen LogP) is 5.02. The van der Waals surface area contributed by atoms with Crippen LogP contribution < -0.4 is 19.5 Å². The average Bonchev–Trinajstić information content (AvgIpc) is 3.32. The molecule has 0 bridgehead atoms. The number of amides is 1. The highest BCUT2D eigenvalue weighted by molar-refractivity contribution is 6.48. The molecule has 4 aromatic rings. The maximum Gasteiger partial charge on any atom is 0.247 e. The lowest BCUT2D eigenvalue weighted by Crippen LogP contribution is -2.27. The molecule has 39 heavy (non-hydrogen) atoms. The first-order valence-electron chi connectivity index (χ1n) is 12.4. The lowest BCUT2D eigenvalue weighted by atomic mass is 9.87. The number of hydrogen-bond acceptors (Lipinski definition) is 9. The number of anilines is 1. The van der Waals surface area contributed by atoms with Gasteiger partial charge in [-0.05, 0) is 36.7 Å². The Morgan fingerprint density at radius 2 is 1.85 bits per heavy atom. The van der Waals surface area contributed by atoms with E-state index in [9.17, 15) is 4.79 Å². The zero-order chi connectivity index (χ0) is 28.2.